The smallest absolute Gasteiger partial charge is 0.229 e. The molecule has 0 aliphatic carbocycles. The number of methoxy groups -OCH3 is 1. The van der Waals surface area contributed by atoms with Crippen molar-refractivity contribution in [3.63, 3.8) is 0 Å². The van der Waals surface area contributed by atoms with E-state index in [-0.39, 0.29) is 24.8 Å². The van der Waals surface area contributed by atoms with Crippen LogP contribution in [0.3, 0.4) is 0 Å². The molecule has 1 N–H and O–H groups in total. The molecule has 4 rings (SSSR count). The van der Waals surface area contributed by atoms with E-state index in [0.717, 1.165) is 11.4 Å². The molecule has 2 heterocycles. The van der Waals surface area contributed by atoms with Crippen LogP contribution in [0.2, 0.25) is 5.02 Å². The number of rotatable bonds is 5. The van der Waals surface area contributed by atoms with Crippen LogP contribution in [0.25, 0.3) is 5.69 Å². The van der Waals surface area contributed by atoms with E-state index in [2.05, 4.69) is 10.4 Å². The third-order valence-corrected chi connectivity index (χ3v) is 5.35. The average molecular weight is 425 g/mol. The first-order chi connectivity index (χ1) is 14.5. The van der Waals surface area contributed by atoms with Crippen molar-refractivity contribution in [2.75, 3.05) is 23.9 Å². The van der Waals surface area contributed by atoms with E-state index in [4.69, 9.17) is 16.3 Å². The molecule has 1 aromatic heterocycles. The number of carbonyl (C=O) groups excluding carboxylic acids is 2. The zero-order valence-electron chi connectivity index (χ0n) is 16.6. The summed E-state index contributed by atoms with van der Waals surface area (Å²) in [5, 5.41) is 7.71. The normalized spacial score (nSPS) is 16.0. The van der Waals surface area contributed by atoms with Gasteiger partial charge in [0, 0.05) is 35.6 Å². The predicted molar refractivity (Wildman–Crippen MR) is 115 cm³/mol. The Bertz CT molecular complexity index is 1110. The molecule has 154 valence electrons. The summed E-state index contributed by atoms with van der Waals surface area (Å²) < 4.78 is 7.14. The average Bonchev–Trinajstić information content (AvgIpc) is 3.33. The van der Waals surface area contributed by atoms with Crippen LogP contribution in [-0.4, -0.2) is 35.2 Å². The van der Waals surface area contributed by atoms with E-state index in [1.165, 1.54) is 7.11 Å². The molecule has 1 saturated heterocycles. The Morgan fingerprint density at radius 2 is 2.07 bits per heavy atom. The number of hydrogen-bond acceptors (Lipinski definition) is 4. The minimum absolute atomic E-state index is 0.124. The molecule has 8 heteroatoms. The molecule has 0 spiro atoms. The summed E-state index contributed by atoms with van der Waals surface area (Å²) in [6.45, 7) is 2.22. The number of nitrogens with one attached hydrogen (secondary N) is 1. The van der Waals surface area contributed by atoms with Gasteiger partial charge in [-0.3, -0.25) is 9.59 Å². The Hall–Kier alpha value is -3.32. The van der Waals surface area contributed by atoms with Gasteiger partial charge in [-0.15, -0.1) is 0 Å². The Kier molecular flexibility index (Phi) is 5.46. The summed E-state index contributed by atoms with van der Waals surface area (Å²) in [7, 11) is 1.53. The van der Waals surface area contributed by atoms with E-state index >= 15 is 0 Å². The van der Waals surface area contributed by atoms with Gasteiger partial charge in [-0.1, -0.05) is 17.7 Å². The van der Waals surface area contributed by atoms with Gasteiger partial charge in [-0.25, -0.2) is 4.68 Å². The largest absolute Gasteiger partial charge is 0.495 e. The molecule has 1 unspecified atom stereocenters. The van der Waals surface area contributed by atoms with E-state index < -0.39 is 5.92 Å². The third kappa shape index (κ3) is 3.89. The molecule has 1 atom stereocenters. The summed E-state index contributed by atoms with van der Waals surface area (Å²) in [5.74, 6) is -0.287. The number of hydrogen-bond donors (Lipinski definition) is 1. The van der Waals surface area contributed by atoms with Crippen molar-refractivity contribution in [2.45, 2.75) is 13.3 Å². The number of benzene rings is 2. The maximum atomic E-state index is 12.9. The van der Waals surface area contributed by atoms with Crippen LogP contribution in [-0.2, 0) is 9.59 Å². The first kappa shape index (κ1) is 20.0. The maximum absolute atomic E-state index is 12.9. The van der Waals surface area contributed by atoms with Crippen LogP contribution in [0.15, 0.2) is 54.7 Å². The molecular formula is C22H21ClN4O3. The van der Waals surface area contributed by atoms with Crippen molar-refractivity contribution in [1.82, 2.24) is 9.78 Å². The highest BCUT2D eigenvalue weighted by Crippen LogP contribution is 2.35. The quantitative estimate of drug-likeness (QED) is 0.675. The van der Waals surface area contributed by atoms with Crippen LogP contribution < -0.4 is 15.0 Å². The van der Waals surface area contributed by atoms with Crippen molar-refractivity contribution in [3.05, 3.63) is 65.4 Å². The number of amides is 2. The van der Waals surface area contributed by atoms with Gasteiger partial charge in [0.1, 0.15) is 5.75 Å². The van der Waals surface area contributed by atoms with Gasteiger partial charge in [0.15, 0.2) is 0 Å². The molecule has 2 aromatic carbocycles. The molecular weight excluding hydrogens is 404 g/mol. The number of nitrogens with zero attached hydrogens (tertiary/aromatic N) is 3. The fourth-order valence-electron chi connectivity index (χ4n) is 3.59. The molecule has 0 radical (unpaired) electrons. The SMILES string of the molecule is COc1ccc(Cl)cc1N1CC(C(=O)Nc2cccc(-n3nccc3C)c2)CC1=O. The zero-order valence-corrected chi connectivity index (χ0v) is 17.4. The number of aromatic nitrogens is 2. The van der Waals surface area contributed by atoms with E-state index in [9.17, 15) is 9.59 Å². The second-order valence-electron chi connectivity index (χ2n) is 7.15. The topological polar surface area (TPSA) is 76.5 Å². The van der Waals surface area contributed by atoms with E-state index in [0.29, 0.717) is 22.1 Å². The second kappa shape index (κ2) is 8.20. The van der Waals surface area contributed by atoms with Crippen molar-refractivity contribution in [3.8, 4) is 11.4 Å². The summed E-state index contributed by atoms with van der Waals surface area (Å²) >= 11 is 6.09. The zero-order chi connectivity index (χ0) is 21.3. The van der Waals surface area contributed by atoms with Gasteiger partial charge in [0.2, 0.25) is 11.8 Å². The van der Waals surface area contributed by atoms with Crippen LogP contribution in [0.4, 0.5) is 11.4 Å². The highest BCUT2D eigenvalue weighted by molar-refractivity contribution is 6.31. The lowest BCUT2D eigenvalue weighted by Crippen LogP contribution is -2.28. The lowest BCUT2D eigenvalue weighted by Gasteiger charge is -2.20. The second-order valence-corrected chi connectivity index (χ2v) is 7.58. The highest BCUT2D eigenvalue weighted by Gasteiger charge is 2.36. The molecule has 0 saturated carbocycles. The van der Waals surface area contributed by atoms with Crippen LogP contribution >= 0.6 is 11.6 Å². The molecule has 1 aliphatic heterocycles. The van der Waals surface area contributed by atoms with Crippen LogP contribution in [0.5, 0.6) is 5.75 Å². The summed E-state index contributed by atoms with van der Waals surface area (Å²) in [6.07, 6.45) is 1.85. The van der Waals surface area contributed by atoms with Gasteiger partial charge < -0.3 is 15.0 Å². The fourth-order valence-corrected chi connectivity index (χ4v) is 3.76. The van der Waals surface area contributed by atoms with Gasteiger partial charge in [0.05, 0.1) is 24.4 Å². The third-order valence-electron chi connectivity index (χ3n) is 5.12. The lowest BCUT2D eigenvalue weighted by molar-refractivity contribution is -0.122. The number of aryl methyl sites for hydroxylation is 1. The van der Waals surface area contributed by atoms with Crippen molar-refractivity contribution >= 4 is 34.8 Å². The van der Waals surface area contributed by atoms with Gasteiger partial charge >= 0.3 is 0 Å². The Balaban J connectivity index is 1.50. The molecule has 2 amide bonds. The van der Waals surface area contributed by atoms with Crippen molar-refractivity contribution in [2.24, 2.45) is 5.92 Å². The molecule has 30 heavy (non-hydrogen) atoms. The number of halogens is 1. The number of carbonyl (C=O) groups is 2. The molecule has 7 nitrogen and oxygen atoms in total. The first-order valence-corrected chi connectivity index (χ1v) is 9.90. The van der Waals surface area contributed by atoms with Crippen LogP contribution in [0.1, 0.15) is 12.1 Å². The molecule has 1 fully saturated rings. The number of anilines is 2. The molecule has 3 aromatic rings. The Labute approximate surface area is 179 Å². The fraction of sp³-hybridized carbons (Fsp3) is 0.227. The number of ether oxygens (including phenoxy) is 1. The lowest BCUT2D eigenvalue weighted by atomic mass is 10.1. The maximum Gasteiger partial charge on any atom is 0.229 e. The summed E-state index contributed by atoms with van der Waals surface area (Å²) in [4.78, 5) is 27.0. The Morgan fingerprint density at radius 1 is 1.23 bits per heavy atom. The standard InChI is InChI=1S/C22H21ClN4O3/c1-14-8-9-24-27(14)18-5-3-4-17(12-18)25-22(29)15-10-21(28)26(13-15)19-11-16(23)6-7-20(19)30-2/h3-9,11-12,15H,10,13H2,1-2H3,(H,25,29). The summed E-state index contributed by atoms with van der Waals surface area (Å²) in [6, 6.07) is 14.4. The van der Waals surface area contributed by atoms with Crippen molar-refractivity contribution < 1.29 is 14.3 Å². The monoisotopic (exact) mass is 424 g/mol. The van der Waals surface area contributed by atoms with E-state index in [1.54, 1.807) is 34.0 Å². The summed E-state index contributed by atoms with van der Waals surface area (Å²) in [5.41, 5.74) is 3.06. The highest BCUT2D eigenvalue weighted by atomic mass is 35.5. The van der Waals surface area contributed by atoms with Gasteiger partial charge in [-0.2, -0.15) is 5.10 Å². The Morgan fingerprint density at radius 3 is 2.80 bits per heavy atom. The van der Waals surface area contributed by atoms with E-state index in [1.807, 2.05) is 37.3 Å². The van der Waals surface area contributed by atoms with Gasteiger partial charge in [-0.05, 0) is 49.4 Å². The first-order valence-electron chi connectivity index (χ1n) is 9.52. The van der Waals surface area contributed by atoms with Crippen LogP contribution in [0, 0.1) is 12.8 Å². The predicted octanol–water partition coefficient (Wildman–Crippen LogP) is 3.83. The van der Waals surface area contributed by atoms with Gasteiger partial charge in [0.25, 0.3) is 0 Å². The minimum atomic E-state index is -0.476. The molecule has 0 bridgehead atoms. The van der Waals surface area contributed by atoms with Crippen molar-refractivity contribution in [1.29, 1.82) is 0 Å². The minimum Gasteiger partial charge on any atom is -0.495 e. The molecule has 1 aliphatic rings.